The molecule has 1 amide bonds. The molecule has 0 aliphatic carbocycles. The lowest BCUT2D eigenvalue weighted by Gasteiger charge is -2.31. The van der Waals surface area contributed by atoms with E-state index in [1.54, 1.807) is 16.2 Å². The molecule has 1 N–H and O–H groups in total. The molecule has 0 saturated carbocycles. The molecule has 2 aliphatic rings. The summed E-state index contributed by atoms with van der Waals surface area (Å²) in [5.41, 5.74) is 4.54. The van der Waals surface area contributed by atoms with Crippen LogP contribution in [0.4, 0.5) is 13.2 Å². The fourth-order valence-corrected chi connectivity index (χ4v) is 5.33. The number of hydrogen-bond acceptors (Lipinski definition) is 6. The standard InChI is InChI=1S/C23H21ClF3N5O2S/c24-20-11-19(23(25,26)27)29-32(20)12-21(33)31-8-6-15(7-9-31)22-28-17(13-35-22)16-10-18(34-30-16)14-4-2-1-3-5-14/h1-5,10-11,13,15,18,30H,6-9,12H2. The number of rotatable bonds is 5. The number of amides is 1. The zero-order chi connectivity index (χ0) is 24.6. The number of alkyl halides is 3. The van der Waals surface area contributed by atoms with Crippen LogP contribution < -0.4 is 5.48 Å². The lowest BCUT2D eigenvalue weighted by Crippen LogP contribution is -2.40. The Morgan fingerprint density at radius 3 is 2.66 bits per heavy atom. The summed E-state index contributed by atoms with van der Waals surface area (Å²) in [6.07, 6.45) is -1.35. The molecule has 2 aromatic heterocycles. The highest BCUT2D eigenvalue weighted by atomic mass is 35.5. The van der Waals surface area contributed by atoms with Crippen molar-refractivity contribution >= 4 is 34.5 Å². The predicted octanol–water partition coefficient (Wildman–Crippen LogP) is 5.04. The van der Waals surface area contributed by atoms with Gasteiger partial charge in [0, 0.05) is 30.5 Å². The van der Waals surface area contributed by atoms with Crippen LogP contribution in [0, 0.1) is 0 Å². The zero-order valence-electron chi connectivity index (χ0n) is 18.3. The van der Waals surface area contributed by atoms with Gasteiger partial charge in [-0.15, -0.1) is 11.3 Å². The van der Waals surface area contributed by atoms with E-state index in [2.05, 4.69) is 10.6 Å². The van der Waals surface area contributed by atoms with Gasteiger partial charge in [-0.05, 0) is 24.5 Å². The molecule has 1 aromatic carbocycles. The molecule has 7 nitrogen and oxygen atoms in total. The predicted molar refractivity (Wildman–Crippen MR) is 124 cm³/mol. The molecule has 0 bridgehead atoms. The fourth-order valence-electron chi connectivity index (χ4n) is 4.14. The number of nitrogens with one attached hydrogen (secondary N) is 1. The number of thiazole rings is 1. The number of likely N-dealkylation sites (tertiary alicyclic amines) is 1. The average molecular weight is 524 g/mol. The summed E-state index contributed by atoms with van der Waals surface area (Å²) in [7, 11) is 0. The van der Waals surface area contributed by atoms with Gasteiger partial charge in [0.05, 0.1) is 16.4 Å². The largest absolute Gasteiger partial charge is 0.435 e. The minimum Gasteiger partial charge on any atom is -0.341 e. The number of nitrogens with zero attached hydrogens (tertiary/aromatic N) is 4. The van der Waals surface area contributed by atoms with Gasteiger partial charge in [-0.2, -0.15) is 18.3 Å². The molecule has 184 valence electrons. The Hall–Kier alpha value is -2.89. The summed E-state index contributed by atoms with van der Waals surface area (Å²) in [4.78, 5) is 24.7. The Bertz CT molecular complexity index is 1240. The molecule has 1 fully saturated rings. The first-order valence-corrected chi connectivity index (χ1v) is 12.3. The number of carbonyl (C=O) groups excluding carboxylic acids is 1. The van der Waals surface area contributed by atoms with Crippen molar-refractivity contribution < 1.29 is 22.8 Å². The summed E-state index contributed by atoms with van der Waals surface area (Å²) in [5.74, 6) is -0.109. The normalized spacial score (nSPS) is 19.0. The van der Waals surface area contributed by atoms with E-state index in [9.17, 15) is 18.0 Å². The van der Waals surface area contributed by atoms with E-state index < -0.39 is 11.9 Å². The number of piperidine rings is 1. The molecule has 5 rings (SSSR count). The first kappa shape index (κ1) is 23.8. The minimum atomic E-state index is -4.61. The summed E-state index contributed by atoms with van der Waals surface area (Å²) < 4.78 is 39.4. The number of aromatic nitrogens is 3. The number of benzene rings is 1. The van der Waals surface area contributed by atoms with Crippen molar-refractivity contribution in [3.8, 4) is 0 Å². The number of hydroxylamine groups is 1. The first-order chi connectivity index (χ1) is 16.8. The Kier molecular flexibility index (Phi) is 6.56. The van der Waals surface area contributed by atoms with Gasteiger partial charge in [-0.3, -0.25) is 15.1 Å². The number of halogens is 4. The van der Waals surface area contributed by atoms with Crippen LogP contribution in [0.1, 0.15) is 46.8 Å². The van der Waals surface area contributed by atoms with Gasteiger partial charge in [0.2, 0.25) is 5.91 Å². The number of hydrogen-bond donors (Lipinski definition) is 1. The highest BCUT2D eigenvalue weighted by Gasteiger charge is 2.35. The second-order valence-electron chi connectivity index (χ2n) is 8.37. The number of carbonyl (C=O) groups is 1. The molecular weight excluding hydrogens is 503 g/mol. The molecule has 0 spiro atoms. The van der Waals surface area contributed by atoms with E-state index in [4.69, 9.17) is 21.4 Å². The second kappa shape index (κ2) is 9.63. The first-order valence-electron chi connectivity index (χ1n) is 11.0. The summed E-state index contributed by atoms with van der Waals surface area (Å²) >= 11 is 7.41. The third kappa shape index (κ3) is 5.21. The van der Waals surface area contributed by atoms with E-state index in [0.29, 0.717) is 13.1 Å². The summed E-state index contributed by atoms with van der Waals surface area (Å²) in [5, 5.41) is 6.18. The molecular formula is C23H21ClF3N5O2S. The van der Waals surface area contributed by atoms with Crippen LogP contribution >= 0.6 is 22.9 Å². The van der Waals surface area contributed by atoms with Crippen molar-refractivity contribution in [1.82, 2.24) is 25.1 Å². The van der Waals surface area contributed by atoms with E-state index in [-0.39, 0.29) is 29.6 Å². The third-order valence-electron chi connectivity index (χ3n) is 6.04. The molecule has 3 aromatic rings. The molecule has 12 heteroatoms. The Labute approximate surface area is 208 Å². The maximum Gasteiger partial charge on any atom is 0.435 e. The molecule has 2 aliphatic heterocycles. The lowest BCUT2D eigenvalue weighted by atomic mass is 9.97. The van der Waals surface area contributed by atoms with Crippen LogP contribution in [0.15, 0.2) is 47.9 Å². The highest BCUT2D eigenvalue weighted by Crippen LogP contribution is 2.34. The molecule has 1 unspecified atom stereocenters. The quantitative estimate of drug-likeness (QED) is 0.507. The minimum absolute atomic E-state index is 0.180. The van der Waals surface area contributed by atoms with Gasteiger partial charge in [0.25, 0.3) is 0 Å². The van der Waals surface area contributed by atoms with Crippen molar-refractivity contribution in [3.05, 3.63) is 75.0 Å². The van der Waals surface area contributed by atoms with Crippen molar-refractivity contribution in [2.75, 3.05) is 13.1 Å². The maximum atomic E-state index is 12.8. The molecule has 0 radical (unpaired) electrons. The van der Waals surface area contributed by atoms with E-state index in [1.165, 1.54) is 0 Å². The molecule has 1 atom stereocenters. The van der Waals surface area contributed by atoms with Crippen LogP contribution in [0.5, 0.6) is 0 Å². The third-order valence-corrected chi connectivity index (χ3v) is 7.35. The van der Waals surface area contributed by atoms with E-state index in [0.717, 1.165) is 45.6 Å². The van der Waals surface area contributed by atoms with Gasteiger partial charge in [0.1, 0.15) is 17.8 Å². The van der Waals surface area contributed by atoms with E-state index in [1.807, 2.05) is 41.8 Å². The van der Waals surface area contributed by atoms with Crippen molar-refractivity contribution in [3.63, 3.8) is 0 Å². The van der Waals surface area contributed by atoms with Gasteiger partial charge in [-0.1, -0.05) is 41.9 Å². The Morgan fingerprint density at radius 1 is 1.23 bits per heavy atom. The van der Waals surface area contributed by atoms with Crippen LogP contribution in [0.2, 0.25) is 5.15 Å². The molecule has 1 saturated heterocycles. The van der Waals surface area contributed by atoms with E-state index >= 15 is 0 Å². The monoisotopic (exact) mass is 523 g/mol. The van der Waals surface area contributed by atoms with Crippen molar-refractivity contribution in [1.29, 1.82) is 0 Å². The van der Waals surface area contributed by atoms with Crippen LogP contribution in [0.3, 0.4) is 0 Å². The SMILES string of the molecule is O=C(Cn1nc(C(F)(F)F)cc1Cl)N1CCC(c2nc(C3=CC(c4ccccc4)ON3)cs2)CC1. The zero-order valence-corrected chi connectivity index (χ0v) is 19.9. The summed E-state index contributed by atoms with van der Waals surface area (Å²) in [6.45, 7) is 0.649. The smallest absolute Gasteiger partial charge is 0.341 e. The lowest BCUT2D eigenvalue weighted by molar-refractivity contribution is -0.142. The topological polar surface area (TPSA) is 72.3 Å². The summed E-state index contributed by atoms with van der Waals surface area (Å²) in [6, 6.07) is 10.6. The highest BCUT2D eigenvalue weighted by molar-refractivity contribution is 7.09. The fraction of sp³-hybridized carbons (Fsp3) is 0.348. The van der Waals surface area contributed by atoms with Crippen molar-refractivity contribution in [2.24, 2.45) is 0 Å². The van der Waals surface area contributed by atoms with Gasteiger partial charge < -0.3 is 4.90 Å². The maximum absolute atomic E-state index is 12.8. The van der Waals surface area contributed by atoms with Crippen LogP contribution in [-0.2, 0) is 22.4 Å². The van der Waals surface area contributed by atoms with Gasteiger partial charge in [-0.25, -0.2) is 9.67 Å². The van der Waals surface area contributed by atoms with Gasteiger partial charge in [0.15, 0.2) is 5.69 Å². The molecule has 4 heterocycles. The Morgan fingerprint density at radius 2 is 1.97 bits per heavy atom. The second-order valence-corrected chi connectivity index (χ2v) is 9.64. The molecule has 35 heavy (non-hydrogen) atoms. The van der Waals surface area contributed by atoms with Crippen LogP contribution in [0.25, 0.3) is 5.70 Å². The van der Waals surface area contributed by atoms with Crippen LogP contribution in [-0.4, -0.2) is 38.7 Å². The Balaban J connectivity index is 1.17. The average Bonchev–Trinajstić information content (AvgIpc) is 3.60. The van der Waals surface area contributed by atoms with Gasteiger partial charge >= 0.3 is 6.18 Å². The van der Waals surface area contributed by atoms with Crippen molar-refractivity contribution in [2.45, 2.75) is 37.6 Å².